The lowest BCUT2D eigenvalue weighted by Gasteiger charge is -2.35. The number of fused-ring (bicyclic) bond motifs is 1. The number of carbonyl (C=O) groups excluding carboxylic acids is 1. The van der Waals surface area contributed by atoms with E-state index in [9.17, 15) is 9.18 Å². The van der Waals surface area contributed by atoms with E-state index < -0.39 is 23.4 Å². The molecule has 1 aliphatic rings. The number of nitrogens with zero attached hydrogens (tertiary/aromatic N) is 5. The normalized spacial score (nSPS) is 13.6. The highest BCUT2D eigenvalue weighted by molar-refractivity contribution is 6.05. The van der Waals surface area contributed by atoms with Gasteiger partial charge in [-0.2, -0.15) is 4.98 Å². The van der Waals surface area contributed by atoms with Crippen molar-refractivity contribution >= 4 is 23.5 Å². The Labute approximate surface area is 219 Å². The molecule has 0 saturated carbocycles. The Morgan fingerprint density at radius 1 is 1.11 bits per heavy atom. The van der Waals surface area contributed by atoms with Crippen LogP contribution in [0.5, 0.6) is 5.75 Å². The van der Waals surface area contributed by atoms with E-state index in [1.165, 1.54) is 11.0 Å². The van der Waals surface area contributed by atoms with Crippen molar-refractivity contribution in [1.82, 2.24) is 14.9 Å². The van der Waals surface area contributed by atoms with Crippen LogP contribution in [-0.2, 0) is 6.54 Å². The van der Waals surface area contributed by atoms with Gasteiger partial charge in [-0.25, -0.2) is 18.6 Å². The summed E-state index contributed by atoms with van der Waals surface area (Å²) in [7, 11) is 0. The second kappa shape index (κ2) is 13.0. The summed E-state index contributed by atoms with van der Waals surface area (Å²) in [5, 5.41) is 3.25. The van der Waals surface area contributed by atoms with E-state index in [1.807, 2.05) is 0 Å². The van der Waals surface area contributed by atoms with Crippen molar-refractivity contribution in [2.45, 2.75) is 79.4 Å². The molecule has 2 aromatic rings. The van der Waals surface area contributed by atoms with Crippen LogP contribution in [0, 0.1) is 11.6 Å². The molecule has 3 rings (SSSR count). The molecule has 10 heteroatoms. The van der Waals surface area contributed by atoms with Crippen LogP contribution in [0.2, 0.25) is 0 Å². The molecule has 204 valence electrons. The summed E-state index contributed by atoms with van der Waals surface area (Å²) in [6.45, 7) is 14.7. The molecular formula is C27H40F2N6O2. The lowest BCUT2D eigenvalue weighted by Crippen LogP contribution is -2.48. The third-order valence-corrected chi connectivity index (χ3v) is 6.51. The Bertz CT molecular complexity index is 1060. The first-order chi connectivity index (χ1) is 17.7. The average molecular weight is 519 g/mol. The molecular weight excluding hydrogens is 478 g/mol. The average Bonchev–Trinajstić information content (AvgIpc) is 2.85. The minimum absolute atomic E-state index is 0.0451. The van der Waals surface area contributed by atoms with Gasteiger partial charge in [0.05, 0.1) is 13.2 Å². The highest BCUT2D eigenvalue weighted by atomic mass is 19.1. The zero-order chi connectivity index (χ0) is 27.1. The Balaban J connectivity index is 1.67. The summed E-state index contributed by atoms with van der Waals surface area (Å²) < 4.78 is 35.0. The molecule has 1 aromatic heterocycles. The van der Waals surface area contributed by atoms with E-state index in [2.05, 4.69) is 47.9 Å². The molecule has 0 aliphatic carbocycles. The first kappa shape index (κ1) is 28.6. The first-order valence-corrected chi connectivity index (χ1v) is 13.2. The summed E-state index contributed by atoms with van der Waals surface area (Å²) in [5.74, 6) is -0.957. The van der Waals surface area contributed by atoms with Gasteiger partial charge in [0.15, 0.2) is 11.6 Å². The van der Waals surface area contributed by atoms with Crippen LogP contribution < -0.4 is 19.9 Å². The Morgan fingerprint density at radius 2 is 1.84 bits per heavy atom. The maximum absolute atomic E-state index is 15.1. The molecule has 2 heterocycles. The minimum atomic E-state index is -0.904. The molecule has 1 aliphatic heterocycles. The summed E-state index contributed by atoms with van der Waals surface area (Å²) in [4.78, 5) is 27.2. The highest BCUT2D eigenvalue weighted by Gasteiger charge is 2.35. The Hall–Kier alpha value is -3.01. The van der Waals surface area contributed by atoms with E-state index in [0.717, 1.165) is 43.3 Å². The van der Waals surface area contributed by atoms with Crippen molar-refractivity contribution in [2.75, 3.05) is 41.4 Å². The Morgan fingerprint density at radius 3 is 2.49 bits per heavy atom. The molecule has 0 bridgehead atoms. The number of urea groups is 1. The number of halogens is 2. The van der Waals surface area contributed by atoms with Gasteiger partial charge in [-0.1, -0.05) is 6.42 Å². The molecule has 1 N–H and O–H groups in total. The molecule has 0 atom stereocenters. The number of hydrogen-bond acceptors (Lipinski definition) is 6. The second-order valence-electron chi connectivity index (χ2n) is 9.71. The fraction of sp³-hybridized carbons (Fsp3) is 0.593. The van der Waals surface area contributed by atoms with E-state index in [1.54, 1.807) is 20.0 Å². The van der Waals surface area contributed by atoms with Crippen LogP contribution in [0.4, 0.5) is 31.0 Å². The summed E-state index contributed by atoms with van der Waals surface area (Å²) in [5.41, 5.74) is 0.172. The van der Waals surface area contributed by atoms with Gasteiger partial charge in [-0.15, -0.1) is 0 Å². The number of rotatable bonds is 13. The van der Waals surface area contributed by atoms with Crippen molar-refractivity contribution in [3.63, 3.8) is 0 Å². The van der Waals surface area contributed by atoms with Gasteiger partial charge in [-0.05, 0) is 73.1 Å². The van der Waals surface area contributed by atoms with Gasteiger partial charge < -0.3 is 10.1 Å². The van der Waals surface area contributed by atoms with Gasteiger partial charge in [-0.3, -0.25) is 14.7 Å². The van der Waals surface area contributed by atoms with Crippen molar-refractivity contribution in [2.24, 2.45) is 0 Å². The van der Waals surface area contributed by atoms with Crippen LogP contribution in [0.1, 0.15) is 66.4 Å². The molecule has 0 fully saturated rings. The van der Waals surface area contributed by atoms with Crippen LogP contribution >= 0.6 is 0 Å². The van der Waals surface area contributed by atoms with Crippen LogP contribution in [0.15, 0.2) is 18.3 Å². The van der Waals surface area contributed by atoms with Gasteiger partial charge in [0, 0.05) is 36.9 Å². The fourth-order valence-electron chi connectivity index (χ4n) is 4.71. The van der Waals surface area contributed by atoms with E-state index in [-0.39, 0.29) is 25.4 Å². The van der Waals surface area contributed by atoms with Crippen LogP contribution in [-0.4, -0.2) is 59.2 Å². The number of hydrogen-bond donors (Lipinski definition) is 1. The maximum atomic E-state index is 15.1. The number of aromatic nitrogens is 2. The number of anilines is 3. The molecule has 37 heavy (non-hydrogen) atoms. The zero-order valence-electron chi connectivity index (χ0n) is 22.9. The molecule has 0 radical (unpaired) electrons. The molecule has 0 saturated heterocycles. The molecule has 0 spiro atoms. The predicted octanol–water partition coefficient (Wildman–Crippen LogP) is 5.82. The molecule has 8 nitrogen and oxygen atoms in total. The lowest BCUT2D eigenvalue weighted by atomic mass is 10.1. The number of ether oxygens (including phenoxy) is 1. The van der Waals surface area contributed by atoms with Gasteiger partial charge in [0.1, 0.15) is 17.3 Å². The minimum Gasteiger partial charge on any atom is -0.491 e. The number of nitrogens with one attached hydrogen (secondary N) is 1. The van der Waals surface area contributed by atoms with E-state index in [0.29, 0.717) is 29.4 Å². The first-order valence-electron chi connectivity index (χ1n) is 13.2. The van der Waals surface area contributed by atoms with Crippen molar-refractivity contribution in [3.05, 3.63) is 35.5 Å². The van der Waals surface area contributed by atoms with E-state index >= 15 is 4.39 Å². The summed E-state index contributed by atoms with van der Waals surface area (Å²) >= 11 is 0. The third kappa shape index (κ3) is 6.66. The third-order valence-electron chi connectivity index (χ3n) is 6.51. The number of carbonyl (C=O) groups is 1. The van der Waals surface area contributed by atoms with Gasteiger partial charge >= 0.3 is 6.03 Å². The zero-order valence-corrected chi connectivity index (χ0v) is 22.9. The number of amides is 2. The van der Waals surface area contributed by atoms with E-state index in [4.69, 9.17) is 4.74 Å². The maximum Gasteiger partial charge on any atom is 0.330 e. The van der Waals surface area contributed by atoms with Crippen LogP contribution in [0.25, 0.3) is 0 Å². The fourth-order valence-corrected chi connectivity index (χ4v) is 4.71. The highest BCUT2D eigenvalue weighted by Crippen LogP contribution is 2.36. The van der Waals surface area contributed by atoms with Crippen molar-refractivity contribution in [3.8, 4) is 5.75 Å². The number of unbranched alkanes of at least 4 members (excludes halogenated alkanes) is 2. The smallest absolute Gasteiger partial charge is 0.330 e. The SMILES string of the molecule is CCOc1ccc(F)c(N2Cc3cnc(NCCCCCN(C(C)C)C(C)C)nc3N(CC)C2=O)c1F. The van der Waals surface area contributed by atoms with Crippen molar-refractivity contribution in [1.29, 1.82) is 0 Å². The Kier molecular flexibility index (Phi) is 10.0. The largest absolute Gasteiger partial charge is 0.491 e. The summed E-state index contributed by atoms with van der Waals surface area (Å²) in [6, 6.07) is 2.84. The van der Waals surface area contributed by atoms with Gasteiger partial charge in [0.2, 0.25) is 5.95 Å². The van der Waals surface area contributed by atoms with Crippen molar-refractivity contribution < 1.29 is 18.3 Å². The lowest BCUT2D eigenvalue weighted by molar-refractivity contribution is 0.171. The topological polar surface area (TPSA) is 73.8 Å². The molecule has 0 unspecified atom stereocenters. The quantitative estimate of drug-likeness (QED) is 0.337. The number of benzene rings is 1. The molecule has 2 amide bonds. The van der Waals surface area contributed by atoms with Crippen LogP contribution in [0.3, 0.4) is 0 Å². The second-order valence-corrected chi connectivity index (χ2v) is 9.71. The molecule has 1 aromatic carbocycles. The monoisotopic (exact) mass is 518 g/mol. The standard InChI is InChI=1S/C27H40F2N6O2/c1-7-33-25-20(17-35(27(33)36)24-21(28)12-13-22(23(24)29)37-8-2)16-31-26(32-25)30-14-10-9-11-15-34(18(3)4)19(5)6/h12-13,16,18-19H,7-11,14-15,17H2,1-6H3,(H,30,31,32). The van der Waals surface area contributed by atoms with Gasteiger partial charge in [0.25, 0.3) is 0 Å². The predicted molar refractivity (Wildman–Crippen MR) is 143 cm³/mol. The summed E-state index contributed by atoms with van der Waals surface area (Å²) in [6.07, 6.45) is 4.79.